The normalized spacial score (nSPS) is 23.7. The molecule has 0 saturated carbocycles. The Labute approximate surface area is 121 Å². The number of nitrogens with zero attached hydrogens (tertiary/aromatic N) is 2. The smallest absolute Gasteiger partial charge is 0.270 e. The molecule has 1 saturated heterocycles. The second-order valence-corrected chi connectivity index (χ2v) is 6.00. The summed E-state index contributed by atoms with van der Waals surface area (Å²) in [6.07, 6.45) is 1.13. The first-order valence-electron chi connectivity index (χ1n) is 6.38. The second kappa shape index (κ2) is 5.98. The molecular weight excluding hydrogens is 310 g/mol. The molecule has 1 aliphatic heterocycles. The van der Waals surface area contributed by atoms with Gasteiger partial charge in [0.1, 0.15) is 0 Å². The van der Waals surface area contributed by atoms with E-state index < -0.39 is 0 Å². The van der Waals surface area contributed by atoms with Crippen molar-refractivity contribution in [1.29, 1.82) is 0 Å². The lowest BCUT2D eigenvalue weighted by atomic mass is 10.1. The van der Waals surface area contributed by atoms with Gasteiger partial charge in [0, 0.05) is 35.7 Å². The Bertz CT molecular complexity index is 481. The molecule has 0 aliphatic carbocycles. The average Bonchev–Trinajstić information content (AvgIpc) is 2.72. The van der Waals surface area contributed by atoms with Crippen LogP contribution in [0, 0.1) is 16.0 Å². The van der Waals surface area contributed by atoms with Gasteiger partial charge in [-0.15, -0.1) is 0 Å². The van der Waals surface area contributed by atoms with Crippen LogP contribution in [0.4, 0.5) is 5.69 Å². The molecule has 0 amide bonds. The van der Waals surface area contributed by atoms with Gasteiger partial charge in [-0.05, 0) is 37.4 Å². The molecule has 5 nitrogen and oxygen atoms in total. The van der Waals surface area contributed by atoms with Gasteiger partial charge in [0.05, 0.1) is 4.92 Å². The number of benzene rings is 1. The van der Waals surface area contributed by atoms with Gasteiger partial charge in [0.25, 0.3) is 5.69 Å². The Morgan fingerprint density at radius 1 is 1.58 bits per heavy atom. The second-order valence-electron chi connectivity index (χ2n) is 5.15. The van der Waals surface area contributed by atoms with Gasteiger partial charge in [0.2, 0.25) is 0 Å². The lowest BCUT2D eigenvalue weighted by molar-refractivity contribution is -0.384. The van der Waals surface area contributed by atoms with E-state index in [1.807, 2.05) is 6.07 Å². The van der Waals surface area contributed by atoms with Crippen molar-refractivity contribution in [3.8, 4) is 0 Å². The highest BCUT2D eigenvalue weighted by Gasteiger charge is 2.28. The van der Waals surface area contributed by atoms with Crippen LogP contribution in [0.15, 0.2) is 22.7 Å². The van der Waals surface area contributed by atoms with E-state index in [1.165, 1.54) is 0 Å². The molecule has 0 aromatic heterocycles. The van der Waals surface area contributed by atoms with Crippen LogP contribution in [0.5, 0.6) is 0 Å². The fraction of sp³-hybridized carbons (Fsp3) is 0.538. The third kappa shape index (κ3) is 3.32. The molecule has 1 heterocycles. The molecule has 0 radical (unpaired) electrons. The van der Waals surface area contributed by atoms with E-state index in [1.54, 1.807) is 12.1 Å². The van der Waals surface area contributed by atoms with Crippen LogP contribution in [-0.2, 0) is 6.54 Å². The predicted molar refractivity (Wildman–Crippen MR) is 77.8 cm³/mol. The van der Waals surface area contributed by atoms with Crippen LogP contribution in [0.1, 0.15) is 18.9 Å². The zero-order valence-electron chi connectivity index (χ0n) is 10.9. The number of nitro groups is 1. The Morgan fingerprint density at radius 2 is 2.32 bits per heavy atom. The van der Waals surface area contributed by atoms with Crippen molar-refractivity contribution < 1.29 is 4.92 Å². The largest absolute Gasteiger partial charge is 0.330 e. The molecule has 19 heavy (non-hydrogen) atoms. The molecule has 1 fully saturated rings. The number of hydrogen-bond acceptors (Lipinski definition) is 4. The molecule has 104 valence electrons. The quantitative estimate of drug-likeness (QED) is 0.681. The summed E-state index contributed by atoms with van der Waals surface area (Å²) in [7, 11) is 0. The molecule has 2 unspecified atom stereocenters. The van der Waals surface area contributed by atoms with Gasteiger partial charge in [-0.2, -0.15) is 0 Å². The number of halogens is 1. The maximum absolute atomic E-state index is 10.7. The van der Waals surface area contributed by atoms with Crippen LogP contribution in [0.3, 0.4) is 0 Å². The van der Waals surface area contributed by atoms with Crippen molar-refractivity contribution in [2.24, 2.45) is 11.7 Å². The van der Waals surface area contributed by atoms with Crippen LogP contribution in [0.25, 0.3) is 0 Å². The summed E-state index contributed by atoms with van der Waals surface area (Å²) in [6.45, 7) is 4.73. The molecular formula is C13H18BrN3O2. The minimum absolute atomic E-state index is 0.116. The van der Waals surface area contributed by atoms with Gasteiger partial charge >= 0.3 is 0 Å². The summed E-state index contributed by atoms with van der Waals surface area (Å²) >= 11 is 3.42. The fourth-order valence-corrected chi connectivity index (χ4v) is 3.10. The Balaban J connectivity index is 2.09. The van der Waals surface area contributed by atoms with Crippen LogP contribution in [-0.4, -0.2) is 29.0 Å². The SMILES string of the molecule is CC1CC(CN)CN1Cc1ccc([N+](=O)[O-])cc1Br. The van der Waals surface area contributed by atoms with Crippen molar-refractivity contribution in [3.63, 3.8) is 0 Å². The number of nitrogens with two attached hydrogens (primary N) is 1. The Hall–Kier alpha value is -0.980. The minimum atomic E-state index is -0.378. The highest BCUT2D eigenvalue weighted by molar-refractivity contribution is 9.10. The van der Waals surface area contributed by atoms with E-state index in [0.29, 0.717) is 12.0 Å². The maximum atomic E-state index is 10.7. The zero-order chi connectivity index (χ0) is 14.0. The first kappa shape index (κ1) is 14.4. The lowest BCUT2D eigenvalue weighted by Crippen LogP contribution is -2.27. The number of nitro benzene ring substituents is 1. The molecule has 0 bridgehead atoms. The first-order chi connectivity index (χ1) is 9.01. The summed E-state index contributed by atoms with van der Waals surface area (Å²) in [4.78, 5) is 12.7. The molecule has 2 atom stereocenters. The molecule has 0 spiro atoms. The molecule has 2 N–H and O–H groups in total. The molecule has 1 aliphatic rings. The van der Waals surface area contributed by atoms with E-state index in [-0.39, 0.29) is 10.6 Å². The summed E-state index contributed by atoms with van der Waals surface area (Å²) < 4.78 is 0.796. The van der Waals surface area contributed by atoms with Crippen molar-refractivity contribution in [3.05, 3.63) is 38.3 Å². The van der Waals surface area contributed by atoms with Crippen LogP contribution >= 0.6 is 15.9 Å². The van der Waals surface area contributed by atoms with E-state index >= 15 is 0 Å². The highest BCUT2D eigenvalue weighted by atomic mass is 79.9. The third-order valence-electron chi connectivity index (χ3n) is 3.74. The first-order valence-corrected chi connectivity index (χ1v) is 7.17. The monoisotopic (exact) mass is 327 g/mol. The van der Waals surface area contributed by atoms with Gasteiger partial charge in [-0.25, -0.2) is 0 Å². The predicted octanol–water partition coefficient (Wildman–Crippen LogP) is 2.53. The number of non-ortho nitro benzene ring substituents is 1. The third-order valence-corrected chi connectivity index (χ3v) is 4.48. The summed E-state index contributed by atoms with van der Waals surface area (Å²) in [5.74, 6) is 0.562. The van der Waals surface area contributed by atoms with Crippen molar-refractivity contribution in [2.75, 3.05) is 13.1 Å². The summed E-state index contributed by atoms with van der Waals surface area (Å²) in [5, 5.41) is 10.7. The highest BCUT2D eigenvalue weighted by Crippen LogP contribution is 2.28. The van der Waals surface area contributed by atoms with E-state index in [2.05, 4.69) is 27.8 Å². The van der Waals surface area contributed by atoms with Crippen molar-refractivity contribution in [2.45, 2.75) is 25.9 Å². The number of likely N-dealkylation sites (tertiary alicyclic amines) is 1. The van der Waals surface area contributed by atoms with Crippen LogP contribution < -0.4 is 5.73 Å². The van der Waals surface area contributed by atoms with E-state index in [0.717, 1.165) is 36.1 Å². The fourth-order valence-electron chi connectivity index (χ4n) is 2.61. The maximum Gasteiger partial charge on any atom is 0.270 e. The lowest BCUT2D eigenvalue weighted by Gasteiger charge is -2.21. The Morgan fingerprint density at radius 3 is 2.84 bits per heavy atom. The zero-order valence-corrected chi connectivity index (χ0v) is 12.5. The molecule has 6 heteroatoms. The standard InChI is InChI=1S/C13H18BrN3O2/c1-9-4-10(6-15)7-16(9)8-11-2-3-12(17(18)19)5-13(11)14/h2-3,5,9-10H,4,6-8,15H2,1H3. The average molecular weight is 328 g/mol. The number of hydrogen-bond donors (Lipinski definition) is 1. The molecule has 1 aromatic carbocycles. The van der Waals surface area contributed by atoms with Crippen molar-refractivity contribution in [1.82, 2.24) is 4.90 Å². The Kier molecular flexibility index (Phi) is 4.54. The van der Waals surface area contributed by atoms with Gasteiger partial charge in [-0.1, -0.05) is 15.9 Å². The van der Waals surface area contributed by atoms with Crippen LogP contribution in [0.2, 0.25) is 0 Å². The molecule has 2 rings (SSSR count). The number of rotatable bonds is 4. The van der Waals surface area contributed by atoms with Crippen molar-refractivity contribution >= 4 is 21.6 Å². The topological polar surface area (TPSA) is 72.4 Å². The van der Waals surface area contributed by atoms with Gasteiger partial charge in [-0.3, -0.25) is 15.0 Å². The molecule has 1 aromatic rings. The summed E-state index contributed by atoms with van der Waals surface area (Å²) in [5.41, 5.74) is 6.92. The van der Waals surface area contributed by atoms with E-state index in [4.69, 9.17) is 5.73 Å². The van der Waals surface area contributed by atoms with Gasteiger partial charge < -0.3 is 5.73 Å². The summed E-state index contributed by atoms with van der Waals surface area (Å²) in [6, 6.07) is 5.46. The minimum Gasteiger partial charge on any atom is -0.330 e. The van der Waals surface area contributed by atoms with E-state index in [9.17, 15) is 10.1 Å². The van der Waals surface area contributed by atoms with Gasteiger partial charge in [0.15, 0.2) is 0 Å².